The van der Waals surface area contributed by atoms with Gasteiger partial charge in [0.1, 0.15) is 0 Å². The number of benzene rings is 1. The Morgan fingerprint density at radius 3 is 2.71 bits per heavy atom. The smallest absolute Gasteiger partial charge is 0.465 e. The number of ether oxygens (including phenoxy) is 1. The van der Waals surface area contributed by atoms with Crippen LogP contribution >= 0.6 is 0 Å². The van der Waals surface area contributed by atoms with Crippen LogP contribution in [0.1, 0.15) is 20.0 Å². The summed E-state index contributed by atoms with van der Waals surface area (Å²) in [5.41, 5.74) is -0.258. The van der Waals surface area contributed by atoms with Crippen molar-refractivity contribution in [1.29, 1.82) is 0 Å². The second-order valence-electron chi connectivity index (χ2n) is 2.71. The highest BCUT2D eigenvalue weighted by molar-refractivity contribution is 6.58. The standard InChI is InChI=1S/C9H11BO4/c1-6-3-7(9(11)14-2)5-8(4-6)10(12)13/h3-5,12-13H,1-2H3/i1D3. The van der Waals surface area contributed by atoms with Gasteiger partial charge in [0.2, 0.25) is 0 Å². The summed E-state index contributed by atoms with van der Waals surface area (Å²) in [4.78, 5) is 11.3. The number of rotatable bonds is 2. The number of hydrogen-bond donors (Lipinski definition) is 2. The third kappa shape index (κ3) is 2.34. The van der Waals surface area contributed by atoms with E-state index in [1.807, 2.05) is 0 Å². The first kappa shape index (κ1) is 7.03. The fraction of sp³-hybridized carbons (Fsp3) is 0.222. The lowest BCUT2D eigenvalue weighted by Gasteiger charge is -2.05. The van der Waals surface area contributed by atoms with Crippen LogP contribution in [0.5, 0.6) is 0 Å². The number of hydrogen-bond acceptors (Lipinski definition) is 4. The van der Waals surface area contributed by atoms with E-state index >= 15 is 0 Å². The van der Waals surface area contributed by atoms with E-state index in [0.717, 1.165) is 19.2 Å². The highest BCUT2D eigenvalue weighted by Gasteiger charge is 2.14. The predicted molar refractivity (Wildman–Crippen MR) is 52.3 cm³/mol. The molecule has 1 aromatic rings. The van der Waals surface area contributed by atoms with Crippen molar-refractivity contribution >= 4 is 18.6 Å². The summed E-state index contributed by atoms with van der Waals surface area (Å²) >= 11 is 0. The molecule has 0 saturated heterocycles. The van der Waals surface area contributed by atoms with Crippen molar-refractivity contribution in [2.45, 2.75) is 6.85 Å². The van der Waals surface area contributed by atoms with Crippen LogP contribution in [0, 0.1) is 6.85 Å². The lowest BCUT2D eigenvalue weighted by molar-refractivity contribution is 0.0600. The van der Waals surface area contributed by atoms with Crippen LogP contribution in [-0.2, 0) is 4.74 Å². The molecule has 74 valence electrons. The fourth-order valence-electron chi connectivity index (χ4n) is 1.04. The molecule has 0 amide bonds. The van der Waals surface area contributed by atoms with Crippen LogP contribution in [0.3, 0.4) is 0 Å². The van der Waals surface area contributed by atoms with Crippen molar-refractivity contribution in [3.05, 3.63) is 29.3 Å². The Morgan fingerprint density at radius 2 is 2.21 bits per heavy atom. The molecule has 4 nitrogen and oxygen atoms in total. The van der Waals surface area contributed by atoms with Crippen molar-refractivity contribution in [2.75, 3.05) is 7.11 Å². The molecule has 0 aliphatic carbocycles. The molecule has 0 aliphatic heterocycles. The molecule has 1 rings (SSSR count). The number of carbonyl (C=O) groups is 1. The number of esters is 1. The Bertz CT molecular complexity index is 431. The summed E-state index contributed by atoms with van der Waals surface area (Å²) < 4.78 is 26.1. The first-order valence-electron chi connectivity index (χ1n) is 5.35. The molecule has 0 radical (unpaired) electrons. The predicted octanol–water partition coefficient (Wildman–Crippen LogP) is -0.539. The second-order valence-corrected chi connectivity index (χ2v) is 2.71. The maximum Gasteiger partial charge on any atom is 0.488 e. The first-order chi connectivity index (χ1) is 7.75. The van der Waals surface area contributed by atoms with Crippen molar-refractivity contribution in [3.8, 4) is 0 Å². The minimum atomic E-state index is -2.44. The van der Waals surface area contributed by atoms with Crippen molar-refractivity contribution in [2.24, 2.45) is 0 Å². The van der Waals surface area contributed by atoms with Gasteiger partial charge in [0.05, 0.1) is 12.7 Å². The molecule has 0 bridgehead atoms. The van der Waals surface area contributed by atoms with E-state index in [9.17, 15) is 4.79 Å². The summed E-state index contributed by atoms with van der Waals surface area (Å²) in [5, 5.41) is 18.0. The molecule has 0 heterocycles. The molecule has 0 spiro atoms. The van der Waals surface area contributed by atoms with E-state index in [-0.39, 0.29) is 16.6 Å². The zero-order chi connectivity index (χ0) is 13.2. The molecule has 0 atom stereocenters. The zero-order valence-electron chi connectivity index (χ0n) is 10.5. The van der Waals surface area contributed by atoms with Crippen LogP contribution in [0.2, 0.25) is 0 Å². The first-order valence-corrected chi connectivity index (χ1v) is 3.85. The fourth-order valence-corrected chi connectivity index (χ4v) is 1.04. The monoisotopic (exact) mass is 197 g/mol. The molecule has 0 saturated carbocycles. The Kier molecular flexibility index (Phi) is 2.14. The van der Waals surface area contributed by atoms with Gasteiger partial charge < -0.3 is 14.8 Å². The van der Waals surface area contributed by atoms with E-state index in [0.29, 0.717) is 0 Å². The molecule has 0 aromatic heterocycles. The van der Waals surface area contributed by atoms with Gasteiger partial charge in [-0.2, -0.15) is 0 Å². The minimum Gasteiger partial charge on any atom is -0.465 e. The molecular formula is C9H11BO4. The Hall–Kier alpha value is -1.33. The summed E-state index contributed by atoms with van der Waals surface area (Å²) in [6.45, 7) is -2.44. The average molecular weight is 197 g/mol. The van der Waals surface area contributed by atoms with Gasteiger partial charge in [-0.25, -0.2) is 4.79 Å². The van der Waals surface area contributed by atoms with Crippen LogP contribution in [0.15, 0.2) is 18.2 Å². The maximum atomic E-state index is 11.3. The van der Waals surface area contributed by atoms with Gasteiger partial charge in [-0.1, -0.05) is 11.6 Å². The molecule has 2 N–H and O–H groups in total. The second kappa shape index (κ2) is 4.26. The summed E-state index contributed by atoms with van der Waals surface area (Å²) in [7, 11) is -0.694. The van der Waals surface area contributed by atoms with E-state index in [1.54, 1.807) is 0 Å². The van der Waals surface area contributed by atoms with Crippen LogP contribution in [0.4, 0.5) is 0 Å². The topological polar surface area (TPSA) is 66.8 Å². The Morgan fingerprint density at radius 1 is 1.50 bits per heavy atom. The van der Waals surface area contributed by atoms with Gasteiger partial charge in [0.25, 0.3) is 0 Å². The molecule has 1 aromatic carbocycles. The van der Waals surface area contributed by atoms with E-state index < -0.39 is 19.9 Å². The van der Waals surface area contributed by atoms with Gasteiger partial charge in [0.15, 0.2) is 0 Å². The normalized spacial score (nSPS) is 13.8. The molecule has 14 heavy (non-hydrogen) atoms. The quantitative estimate of drug-likeness (QED) is 0.493. The largest absolute Gasteiger partial charge is 0.488 e. The Labute approximate surface area is 86.5 Å². The molecule has 0 fully saturated rings. The Balaban J connectivity index is 3.34. The molecule has 0 aliphatic rings. The lowest BCUT2D eigenvalue weighted by atomic mass is 9.79. The highest BCUT2D eigenvalue weighted by Crippen LogP contribution is 2.04. The van der Waals surface area contributed by atoms with Gasteiger partial charge in [0, 0.05) is 4.11 Å². The summed E-state index contributed by atoms with van der Waals surface area (Å²) in [6, 6.07) is 3.43. The third-order valence-corrected chi connectivity index (χ3v) is 1.67. The van der Waals surface area contributed by atoms with Crippen LogP contribution < -0.4 is 5.46 Å². The van der Waals surface area contributed by atoms with Gasteiger partial charge in [-0.3, -0.25) is 0 Å². The molecule has 0 unspecified atom stereocenters. The van der Waals surface area contributed by atoms with Crippen molar-refractivity contribution in [1.82, 2.24) is 0 Å². The number of carbonyl (C=O) groups excluding carboxylic acids is 1. The summed E-state index contributed by atoms with van der Waals surface area (Å²) in [5.74, 6) is -0.738. The highest BCUT2D eigenvalue weighted by atomic mass is 16.5. The van der Waals surface area contributed by atoms with Crippen LogP contribution in [0.25, 0.3) is 0 Å². The molecule has 5 heteroatoms. The zero-order valence-corrected chi connectivity index (χ0v) is 7.52. The third-order valence-electron chi connectivity index (χ3n) is 1.67. The minimum absolute atomic E-state index is 0.0378. The van der Waals surface area contributed by atoms with Crippen molar-refractivity contribution in [3.63, 3.8) is 0 Å². The number of aryl methyl sites for hydroxylation is 1. The van der Waals surface area contributed by atoms with Gasteiger partial charge in [-0.05, 0) is 24.4 Å². The maximum absolute atomic E-state index is 11.3. The average Bonchev–Trinajstić information content (AvgIpc) is 2.26. The van der Waals surface area contributed by atoms with Gasteiger partial charge in [-0.15, -0.1) is 0 Å². The van der Waals surface area contributed by atoms with E-state index in [1.165, 1.54) is 6.07 Å². The van der Waals surface area contributed by atoms with Crippen LogP contribution in [-0.4, -0.2) is 30.2 Å². The lowest BCUT2D eigenvalue weighted by Crippen LogP contribution is -2.30. The molecular weight excluding hydrogens is 183 g/mol. The van der Waals surface area contributed by atoms with E-state index in [4.69, 9.17) is 14.2 Å². The van der Waals surface area contributed by atoms with Gasteiger partial charge >= 0.3 is 13.1 Å². The van der Waals surface area contributed by atoms with Crippen molar-refractivity contribution < 1.29 is 23.7 Å². The number of methoxy groups -OCH3 is 1. The summed E-state index contributed by atoms with van der Waals surface area (Å²) in [6.07, 6.45) is 0. The SMILES string of the molecule is [2H]C([2H])([2H])c1cc(B(O)O)cc(C(=O)OC)c1. The van der Waals surface area contributed by atoms with E-state index in [2.05, 4.69) is 4.74 Å².